The number of hydrogen-bond acceptors (Lipinski definition) is 7. The Morgan fingerprint density at radius 2 is 1.86 bits per heavy atom. The molecule has 0 spiro atoms. The van der Waals surface area contributed by atoms with Crippen LogP contribution in [0, 0.1) is 20.2 Å². The smallest absolute Gasteiger partial charge is 0.334 e. The zero-order valence-electron chi connectivity index (χ0n) is 10.4. The summed E-state index contributed by atoms with van der Waals surface area (Å²) in [6.45, 7) is -1.56. The molecule has 0 aliphatic carbocycles. The van der Waals surface area contributed by atoms with E-state index in [9.17, 15) is 24.8 Å². The molecule has 0 saturated heterocycles. The van der Waals surface area contributed by atoms with Gasteiger partial charge < -0.3 is 19.6 Å². The molecule has 0 bridgehead atoms. The molecule has 116 valence electrons. The van der Waals surface area contributed by atoms with Gasteiger partial charge in [0.2, 0.25) is 0 Å². The number of aliphatic hydroxyl groups is 1. The van der Waals surface area contributed by atoms with Crippen LogP contribution in [0.15, 0.2) is 18.2 Å². The normalized spacial score (nSPS) is 12.7. The summed E-state index contributed by atoms with van der Waals surface area (Å²) in [5.74, 6) is -0.391. The van der Waals surface area contributed by atoms with Crippen molar-refractivity contribution in [2.45, 2.75) is 5.66 Å². The van der Waals surface area contributed by atoms with E-state index in [1.165, 1.54) is 0 Å². The van der Waals surface area contributed by atoms with Crippen molar-refractivity contribution in [3.8, 4) is 5.75 Å². The SMILES string of the molecule is O=[N+]([O-])c1ccc(OCC(CO)P(=O)(O)O)c([N+](=O)[O-])c1. The topological polar surface area (TPSA) is 173 Å². The van der Waals surface area contributed by atoms with Crippen LogP contribution in [0.3, 0.4) is 0 Å². The van der Waals surface area contributed by atoms with Gasteiger partial charge in [0.1, 0.15) is 12.3 Å². The Bertz CT molecular complexity index is 599. The zero-order valence-corrected chi connectivity index (χ0v) is 11.3. The number of rotatable bonds is 7. The highest BCUT2D eigenvalue weighted by atomic mass is 31.2. The fourth-order valence-electron chi connectivity index (χ4n) is 1.33. The first-order valence-corrected chi connectivity index (χ1v) is 7.06. The molecule has 0 heterocycles. The monoisotopic (exact) mass is 322 g/mol. The molecule has 1 unspecified atom stereocenters. The zero-order chi connectivity index (χ0) is 16.2. The van der Waals surface area contributed by atoms with Crippen molar-refractivity contribution >= 4 is 19.0 Å². The van der Waals surface area contributed by atoms with E-state index in [4.69, 9.17) is 19.6 Å². The Balaban J connectivity index is 3.00. The number of benzene rings is 1. The summed E-state index contributed by atoms with van der Waals surface area (Å²) in [7, 11) is -4.63. The lowest BCUT2D eigenvalue weighted by Gasteiger charge is -2.16. The van der Waals surface area contributed by atoms with E-state index >= 15 is 0 Å². The Morgan fingerprint density at radius 3 is 2.29 bits per heavy atom. The molecule has 1 rings (SSSR count). The predicted octanol–water partition coefficient (Wildman–Crippen LogP) is 0.420. The molecule has 21 heavy (non-hydrogen) atoms. The van der Waals surface area contributed by atoms with E-state index in [2.05, 4.69) is 0 Å². The molecule has 1 aromatic rings. The van der Waals surface area contributed by atoms with Crippen LogP contribution in [-0.4, -0.2) is 43.6 Å². The molecule has 12 heteroatoms. The lowest BCUT2D eigenvalue weighted by atomic mass is 10.2. The largest absolute Gasteiger partial charge is 0.486 e. The van der Waals surface area contributed by atoms with Crippen LogP contribution in [0.1, 0.15) is 0 Å². The average molecular weight is 322 g/mol. The highest BCUT2D eigenvalue weighted by Gasteiger charge is 2.30. The Morgan fingerprint density at radius 1 is 1.24 bits per heavy atom. The number of hydrogen-bond donors (Lipinski definition) is 3. The van der Waals surface area contributed by atoms with Gasteiger partial charge in [-0.25, -0.2) is 0 Å². The number of non-ortho nitro benzene ring substituents is 1. The first-order chi connectivity index (χ1) is 9.66. The lowest BCUT2D eigenvalue weighted by molar-refractivity contribution is -0.394. The van der Waals surface area contributed by atoms with E-state index < -0.39 is 53.4 Å². The molecule has 1 aromatic carbocycles. The summed E-state index contributed by atoms with van der Waals surface area (Å²) in [5.41, 5.74) is -2.79. The Kier molecular flexibility index (Phi) is 5.33. The minimum absolute atomic E-state index is 0.391. The van der Waals surface area contributed by atoms with E-state index in [-0.39, 0.29) is 0 Å². The molecule has 0 aliphatic rings. The summed E-state index contributed by atoms with van der Waals surface area (Å²) in [6.07, 6.45) is 0. The number of nitro benzene ring substituents is 2. The third-order valence-electron chi connectivity index (χ3n) is 2.47. The van der Waals surface area contributed by atoms with Gasteiger partial charge in [-0.1, -0.05) is 0 Å². The predicted molar refractivity (Wildman–Crippen MR) is 68.2 cm³/mol. The van der Waals surface area contributed by atoms with Gasteiger partial charge in [-0.15, -0.1) is 0 Å². The molecule has 0 radical (unpaired) electrons. The van der Waals surface area contributed by atoms with Crippen molar-refractivity contribution in [1.82, 2.24) is 0 Å². The quantitative estimate of drug-likeness (QED) is 0.365. The van der Waals surface area contributed by atoms with E-state index in [0.29, 0.717) is 6.07 Å². The maximum absolute atomic E-state index is 11.0. The second kappa shape index (κ2) is 6.59. The van der Waals surface area contributed by atoms with Gasteiger partial charge in [-0.05, 0) is 6.07 Å². The number of nitro groups is 2. The van der Waals surface area contributed by atoms with E-state index in [1.54, 1.807) is 0 Å². The van der Waals surface area contributed by atoms with Crippen molar-refractivity contribution in [2.24, 2.45) is 0 Å². The average Bonchev–Trinajstić information content (AvgIpc) is 2.37. The first kappa shape index (κ1) is 17.0. The van der Waals surface area contributed by atoms with Crippen LogP contribution >= 0.6 is 7.60 Å². The molecular formula is C9H11N2O9P. The summed E-state index contributed by atoms with van der Waals surface area (Å²) >= 11 is 0. The van der Waals surface area contributed by atoms with Crippen LogP contribution in [0.5, 0.6) is 5.75 Å². The molecule has 3 N–H and O–H groups in total. The molecule has 0 aliphatic heterocycles. The standard InChI is InChI=1S/C9H11N2O9P/c12-4-7(21(17,18)19)5-20-9-2-1-6(10(13)14)3-8(9)11(15)16/h1-3,7,12H,4-5H2,(H2,17,18,19). The van der Waals surface area contributed by atoms with E-state index in [0.717, 1.165) is 12.1 Å². The van der Waals surface area contributed by atoms with Gasteiger partial charge in [0.15, 0.2) is 5.75 Å². The van der Waals surface area contributed by atoms with Gasteiger partial charge in [0.05, 0.1) is 22.5 Å². The highest BCUT2D eigenvalue weighted by Crippen LogP contribution is 2.41. The molecule has 1 atom stereocenters. The van der Waals surface area contributed by atoms with Gasteiger partial charge in [0.25, 0.3) is 5.69 Å². The molecule has 0 saturated carbocycles. The summed E-state index contributed by atoms with van der Waals surface area (Å²) in [4.78, 5) is 37.4. The molecule has 0 aromatic heterocycles. The fourth-order valence-corrected chi connectivity index (χ4v) is 1.81. The first-order valence-electron chi connectivity index (χ1n) is 5.38. The summed E-state index contributed by atoms with van der Waals surface area (Å²) < 4.78 is 15.9. The molecule has 0 fully saturated rings. The van der Waals surface area contributed by atoms with Gasteiger partial charge in [0, 0.05) is 6.07 Å². The third kappa shape index (κ3) is 4.46. The van der Waals surface area contributed by atoms with Gasteiger partial charge in [-0.3, -0.25) is 24.8 Å². The Hall–Kier alpha value is -2.07. The van der Waals surface area contributed by atoms with Crippen LogP contribution in [0.4, 0.5) is 11.4 Å². The van der Waals surface area contributed by atoms with Gasteiger partial charge in [-0.2, -0.15) is 0 Å². The van der Waals surface area contributed by atoms with Crippen molar-refractivity contribution in [3.63, 3.8) is 0 Å². The minimum Gasteiger partial charge on any atom is -0.486 e. The second-order valence-corrected chi connectivity index (χ2v) is 5.81. The van der Waals surface area contributed by atoms with E-state index in [1.807, 2.05) is 0 Å². The second-order valence-electron chi connectivity index (χ2n) is 3.90. The highest BCUT2D eigenvalue weighted by molar-refractivity contribution is 7.52. The molecule has 0 amide bonds. The van der Waals surface area contributed by atoms with Crippen LogP contribution in [0.2, 0.25) is 0 Å². The minimum atomic E-state index is -4.63. The third-order valence-corrected chi connectivity index (χ3v) is 3.73. The number of ether oxygens (including phenoxy) is 1. The Labute approximate surface area is 117 Å². The van der Waals surface area contributed by atoms with Crippen molar-refractivity contribution < 1.29 is 34.0 Å². The van der Waals surface area contributed by atoms with Crippen LogP contribution in [-0.2, 0) is 4.57 Å². The fraction of sp³-hybridized carbons (Fsp3) is 0.333. The van der Waals surface area contributed by atoms with Crippen LogP contribution < -0.4 is 4.74 Å². The van der Waals surface area contributed by atoms with Crippen LogP contribution in [0.25, 0.3) is 0 Å². The maximum Gasteiger partial charge on any atom is 0.334 e. The maximum atomic E-state index is 11.0. The molecular weight excluding hydrogens is 311 g/mol. The number of aliphatic hydroxyl groups excluding tert-OH is 1. The number of nitrogens with zero attached hydrogens (tertiary/aromatic N) is 2. The summed E-state index contributed by atoms with van der Waals surface area (Å²) in [6, 6.07) is 2.57. The lowest BCUT2D eigenvalue weighted by Crippen LogP contribution is -2.22. The van der Waals surface area contributed by atoms with Crippen molar-refractivity contribution in [2.75, 3.05) is 13.2 Å². The van der Waals surface area contributed by atoms with Crippen molar-refractivity contribution in [1.29, 1.82) is 0 Å². The van der Waals surface area contributed by atoms with Gasteiger partial charge >= 0.3 is 13.3 Å². The summed E-state index contributed by atoms with van der Waals surface area (Å²) in [5, 5.41) is 30.2. The van der Waals surface area contributed by atoms with Crippen molar-refractivity contribution in [3.05, 3.63) is 38.4 Å². The molecule has 11 nitrogen and oxygen atoms in total.